The van der Waals surface area contributed by atoms with E-state index in [9.17, 15) is 9.59 Å². The molecule has 226 valence electrons. The highest BCUT2D eigenvalue weighted by molar-refractivity contribution is 8.00. The lowest BCUT2D eigenvalue weighted by Gasteiger charge is -2.24. The van der Waals surface area contributed by atoms with Crippen LogP contribution in [0.2, 0.25) is 0 Å². The van der Waals surface area contributed by atoms with Crippen molar-refractivity contribution in [3.63, 3.8) is 0 Å². The van der Waals surface area contributed by atoms with Gasteiger partial charge in [-0.2, -0.15) is 23.5 Å². The van der Waals surface area contributed by atoms with Gasteiger partial charge in [0.25, 0.3) is 5.91 Å². The van der Waals surface area contributed by atoms with Crippen LogP contribution in [-0.2, 0) is 0 Å². The van der Waals surface area contributed by atoms with E-state index >= 15 is 0 Å². The number of carbonyl (C=O) groups excluding carboxylic acids is 2. The fourth-order valence-electron chi connectivity index (χ4n) is 6.16. The quantitative estimate of drug-likeness (QED) is 0.134. The first-order valence-electron chi connectivity index (χ1n) is 16.3. The van der Waals surface area contributed by atoms with Gasteiger partial charge in [-0.25, -0.2) is 0 Å². The second kappa shape index (κ2) is 17.2. The molecule has 2 fully saturated rings. The number of amides is 1. The van der Waals surface area contributed by atoms with Gasteiger partial charge in [-0.1, -0.05) is 83.8 Å². The van der Waals surface area contributed by atoms with Crippen molar-refractivity contribution in [1.29, 1.82) is 0 Å². The molecular formula is C35H57NO2S2. The van der Waals surface area contributed by atoms with E-state index in [1.165, 1.54) is 89.9 Å². The van der Waals surface area contributed by atoms with Crippen molar-refractivity contribution in [3.8, 4) is 0 Å². The van der Waals surface area contributed by atoms with Crippen molar-refractivity contribution in [2.75, 3.05) is 11.5 Å². The van der Waals surface area contributed by atoms with E-state index in [0.717, 1.165) is 28.9 Å². The van der Waals surface area contributed by atoms with Crippen LogP contribution in [0.3, 0.4) is 0 Å². The van der Waals surface area contributed by atoms with E-state index in [2.05, 4.69) is 30.9 Å². The van der Waals surface area contributed by atoms with Crippen molar-refractivity contribution in [2.24, 2.45) is 17.8 Å². The van der Waals surface area contributed by atoms with E-state index in [0.29, 0.717) is 16.1 Å². The lowest BCUT2D eigenvalue weighted by Crippen LogP contribution is -2.40. The normalized spacial score (nSPS) is 21.6. The predicted octanol–water partition coefficient (Wildman–Crippen LogP) is 9.98. The predicted molar refractivity (Wildman–Crippen MR) is 177 cm³/mol. The lowest BCUT2D eigenvalue weighted by atomic mass is 9.93. The van der Waals surface area contributed by atoms with E-state index in [1.54, 1.807) is 0 Å². The first kappa shape index (κ1) is 33.6. The van der Waals surface area contributed by atoms with Crippen LogP contribution in [0.5, 0.6) is 0 Å². The van der Waals surface area contributed by atoms with Gasteiger partial charge in [-0.3, -0.25) is 9.59 Å². The smallest absolute Gasteiger partial charge is 0.251 e. The van der Waals surface area contributed by atoms with Crippen molar-refractivity contribution in [1.82, 2.24) is 5.32 Å². The van der Waals surface area contributed by atoms with Gasteiger partial charge in [0.1, 0.15) is 0 Å². The van der Waals surface area contributed by atoms with Gasteiger partial charge in [0.2, 0.25) is 0 Å². The molecule has 0 heterocycles. The molecule has 1 aromatic rings. The van der Waals surface area contributed by atoms with Crippen LogP contribution < -0.4 is 5.32 Å². The maximum absolute atomic E-state index is 13.8. The minimum atomic E-state index is -0.282. The second-order valence-corrected chi connectivity index (χ2v) is 16.6. The van der Waals surface area contributed by atoms with Gasteiger partial charge in [0, 0.05) is 44.6 Å². The Kier molecular flexibility index (Phi) is 14.5. The first-order chi connectivity index (χ1) is 19.1. The van der Waals surface area contributed by atoms with Crippen LogP contribution in [0, 0.1) is 17.8 Å². The highest BCUT2D eigenvalue weighted by Crippen LogP contribution is 2.36. The van der Waals surface area contributed by atoms with Crippen molar-refractivity contribution in [2.45, 2.75) is 141 Å². The van der Waals surface area contributed by atoms with Gasteiger partial charge in [-0.15, -0.1) is 0 Å². The SMILES string of the molecule is CC(C)CCCCC1CCCC(SCC(CSC2CCCCC2)C(=O)c2ccc(C(=O)NC(C)(C)C)cc2)CC1. The summed E-state index contributed by atoms with van der Waals surface area (Å²) in [5.41, 5.74) is 1.09. The molecule has 3 atom stereocenters. The number of hydrogen-bond donors (Lipinski definition) is 1. The maximum Gasteiger partial charge on any atom is 0.251 e. The summed E-state index contributed by atoms with van der Waals surface area (Å²) in [5, 5.41) is 4.42. The Morgan fingerprint density at radius 2 is 1.40 bits per heavy atom. The lowest BCUT2D eigenvalue weighted by molar-refractivity contribution is 0.0914. The van der Waals surface area contributed by atoms with Gasteiger partial charge >= 0.3 is 0 Å². The third-order valence-electron chi connectivity index (χ3n) is 8.59. The van der Waals surface area contributed by atoms with Gasteiger partial charge in [0.05, 0.1) is 0 Å². The largest absolute Gasteiger partial charge is 0.347 e. The molecular weight excluding hydrogens is 531 g/mol. The molecule has 0 bridgehead atoms. The molecule has 3 unspecified atom stereocenters. The summed E-state index contributed by atoms with van der Waals surface area (Å²) in [6.45, 7) is 10.6. The Morgan fingerprint density at radius 3 is 2.02 bits per heavy atom. The van der Waals surface area contributed by atoms with E-state index in [-0.39, 0.29) is 23.1 Å². The van der Waals surface area contributed by atoms with Crippen LogP contribution >= 0.6 is 23.5 Å². The van der Waals surface area contributed by atoms with E-state index in [4.69, 9.17) is 0 Å². The standard InChI is InChI=1S/C35H57NO2S2/c1-26(2)12-9-10-13-27-14-11-17-32(23-18-27)40-25-30(24-39-31-15-7-6-8-16-31)33(37)28-19-21-29(22-20-28)34(38)36-35(3,4)5/h19-22,26-27,30-32H,6-18,23-25H2,1-5H3,(H,36,38). The number of nitrogens with one attached hydrogen (secondary N) is 1. The molecule has 1 N–H and O–H groups in total. The molecule has 0 aromatic heterocycles. The Morgan fingerprint density at radius 1 is 0.800 bits per heavy atom. The third-order valence-corrected chi connectivity index (χ3v) is 11.7. The number of hydrogen-bond acceptors (Lipinski definition) is 4. The van der Waals surface area contributed by atoms with Crippen molar-refractivity contribution >= 4 is 35.2 Å². The molecule has 2 aliphatic carbocycles. The summed E-state index contributed by atoms with van der Waals surface area (Å²) < 4.78 is 0. The molecule has 1 aromatic carbocycles. The first-order valence-corrected chi connectivity index (χ1v) is 18.4. The van der Waals surface area contributed by atoms with E-state index in [1.807, 2.05) is 56.8 Å². The molecule has 2 aliphatic rings. The van der Waals surface area contributed by atoms with E-state index < -0.39 is 0 Å². The van der Waals surface area contributed by atoms with Gasteiger partial charge in [-0.05, 0) is 76.8 Å². The number of carbonyl (C=O) groups is 2. The number of benzene rings is 1. The van der Waals surface area contributed by atoms with Crippen LogP contribution in [0.25, 0.3) is 0 Å². The van der Waals surface area contributed by atoms with Crippen molar-refractivity contribution in [3.05, 3.63) is 35.4 Å². The molecule has 2 saturated carbocycles. The number of Topliss-reactive ketones (excluding diaryl/α,β-unsaturated/α-hetero) is 1. The molecule has 40 heavy (non-hydrogen) atoms. The molecule has 0 radical (unpaired) electrons. The Balaban J connectivity index is 1.56. The van der Waals surface area contributed by atoms with Crippen LogP contribution in [0.1, 0.15) is 145 Å². The highest BCUT2D eigenvalue weighted by Gasteiger charge is 2.26. The summed E-state index contributed by atoms with van der Waals surface area (Å²) in [6, 6.07) is 7.38. The number of unbranched alkanes of at least 4 members (excludes halogenated alkanes) is 1. The number of rotatable bonds is 14. The second-order valence-electron chi connectivity index (χ2n) is 13.9. The maximum atomic E-state index is 13.8. The monoisotopic (exact) mass is 587 g/mol. The minimum absolute atomic E-state index is 0.0428. The molecule has 3 rings (SSSR count). The van der Waals surface area contributed by atoms with Crippen LogP contribution in [0.4, 0.5) is 0 Å². The number of ketones is 1. The Hall–Kier alpha value is -0.940. The highest BCUT2D eigenvalue weighted by atomic mass is 32.2. The molecule has 1 amide bonds. The van der Waals surface area contributed by atoms with Gasteiger partial charge in [0.15, 0.2) is 5.78 Å². The number of thioether (sulfide) groups is 2. The van der Waals surface area contributed by atoms with Crippen LogP contribution in [-0.4, -0.2) is 39.2 Å². The zero-order chi connectivity index (χ0) is 29.0. The minimum Gasteiger partial charge on any atom is -0.347 e. The van der Waals surface area contributed by atoms with Crippen molar-refractivity contribution < 1.29 is 9.59 Å². The van der Waals surface area contributed by atoms with Crippen LogP contribution in [0.15, 0.2) is 24.3 Å². The molecule has 0 aliphatic heterocycles. The zero-order valence-corrected chi connectivity index (χ0v) is 27.8. The third kappa shape index (κ3) is 12.5. The zero-order valence-electron chi connectivity index (χ0n) is 26.1. The average Bonchev–Trinajstić information content (AvgIpc) is 3.15. The summed E-state index contributed by atoms with van der Waals surface area (Å²) in [6.07, 6.45) is 18.9. The Bertz CT molecular complexity index is 886. The topological polar surface area (TPSA) is 46.2 Å². The molecule has 3 nitrogen and oxygen atoms in total. The molecule has 5 heteroatoms. The van der Waals surface area contributed by atoms with Gasteiger partial charge < -0.3 is 5.32 Å². The molecule has 0 saturated heterocycles. The summed E-state index contributed by atoms with van der Waals surface area (Å²) in [4.78, 5) is 26.4. The summed E-state index contributed by atoms with van der Waals surface area (Å²) in [7, 11) is 0. The summed E-state index contributed by atoms with van der Waals surface area (Å²) >= 11 is 4.13. The molecule has 0 spiro atoms. The fraction of sp³-hybridized carbons (Fsp3) is 0.771. The Labute approximate surface area is 254 Å². The summed E-state index contributed by atoms with van der Waals surface area (Å²) in [5.74, 6) is 3.80. The fourth-order valence-corrected chi connectivity index (χ4v) is 9.15. The average molecular weight is 588 g/mol.